The van der Waals surface area contributed by atoms with E-state index in [0.29, 0.717) is 45.4 Å². The summed E-state index contributed by atoms with van der Waals surface area (Å²) in [7, 11) is 4.70. The van der Waals surface area contributed by atoms with Crippen molar-refractivity contribution >= 4 is 31.6 Å². The predicted octanol–water partition coefficient (Wildman–Crippen LogP) is 5.35. The third-order valence-corrected chi connectivity index (χ3v) is 6.67. The summed E-state index contributed by atoms with van der Waals surface area (Å²) in [5, 5.41) is 1.57. The number of rotatable bonds is 6. The SMILES string of the molecule is COc1cc(-c2nc3sc4ccccc4c3c(=O)n2Cc2ccccc2)cc(OC)c1OC. The molecular formula is C26H22N2O4S. The smallest absolute Gasteiger partial charge is 0.263 e. The average molecular weight is 459 g/mol. The van der Waals surface area contributed by atoms with Crippen LogP contribution in [0.2, 0.25) is 0 Å². The minimum Gasteiger partial charge on any atom is -0.493 e. The monoisotopic (exact) mass is 458 g/mol. The van der Waals surface area contributed by atoms with Crippen molar-refractivity contribution in [3.63, 3.8) is 0 Å². The second-order valence-electron chi connectivity index (χ2n) is 7.50. The van der Waals surface area contributed by atoms with Crippen LogP contribution in [0, 0.1) is 0 Å². The molecule has 2 heterocycles. The fraction of sp³-hybridized carbons (Fsp3) is 0.154. The van der Waals surface area contributed by atoms with Crippen molar-refractivity contribution in [1.29, 1.82) is 0 Å². The van der Waals surface area contributed by atoms with E-state index in [2.05, 4.69) is 0 Å². The maximum Gasteiger partial charge on any atom is 0.263 e. The molecule has 166 valence electrons. The van der Waals surface area contributed by atoms with Crippen LogP contribution in [0.25, 0.3) is 31.7 Å². The molecule has 0 amide bonds. The molecule has 0 spiro atoms. The minimum atomic E-state index is -0.0787. The first kappa shape index (κ1) is 21.0. The van der Waals surface area contributed by atoms with Crippen molar-refractivity contribution < 1.29 is 14.2 Å². The summed E-state index contributed by atoms with van der Waals surface area (Å²) in [6, 6.07) is 21.4. The Morgan fingerprint density at radius 1 is 0.879 bits per heavy atom. The van der Waals surface area contributed by atoms with Gasteiger partial charge in [0.2, 0.25) is 5.75 Å². The third-order valence-electron chi connectivity index (χ3n) is 5.61. The highest BCUT2D eigenvalue weighted by molar-refractivity contribution is 7.25. The van der Waals surface area contributed by atoms with Crippen LogP contribution in [-0.2, 0) is 6.54 Å². The van der Waals surface area contributed by atoms with Gasteiger partial charge in [-0.15, -0.1) is 11.3 Å². The van der Waals surface area contributed by atoms with Gasteiger partial charge in [0.05, 0.1) is 33.3 Å². The molecule has 2 aromatic heterocycles. The standard InChI is InChI=1S/C26H22N2O4S/c1-30-19-13-17(14-20(31-2)23(19)32-3)24-27-25-22(18-11-7-8-12-21(18)33-25)26(29)28(24)15-16-9-5-4-6-10-16/h4-14H,15H2,1-3H3. The van der Waals surface area contributed by atoms with Gasteiger partial charge < -0.3 is 14.2 Å². The lowest BCUT2D eigenvalue weighted by atomic mass is 10.1. The topological polar surface area (TPSA) is 62.6 Å². The zero-order valence-electron chi connectivity index (χ0n) is 18.5. The first-order chi connectivity index (χ1) is 16.1. The molecule has 33 heavy (non-hydrogen) atoms. The largest absolute Gasteiger partial charge is 0.493 e. The van der Waals surface area contributed by atoms with Gasteiger partial charge in [0.25, 0.3) is 5.56 Å². The zero-order valence-corrected chi connectivity index (χ0v) is 19.3. The van der Waals surface area contributed by atoms with Gasteiger partial charge in [-0.2, -0.15) is 0 Å². The number of nitrogens with zero attached hydrogens (tertiary/aromatic N) is 2. The van der Waals surface area contributed by atoms with Crippen molar-refractivity contribution in [2.24, 2.45) is 0 Å². The van der Waals surface area contributed by atoms with Crippen LogP contribution in [0.4, 0.5) is 0 Å². The van der Waals surface area contributed by atoms with E-state index in [1.807, 2.05) is 66.7 Å². The summed E-state index contributed by atoms with van der Waals surface area (Å²) in [6.07, 6.45) is 0. The van der Waals surface area contributed by atoms with E-state index in [4.69, 9.17) is 19.2 Å². The Kier molecular flexibility index (Phi) is 5.48. The summed E-state index contributed by atoms with van der Waals surface area (Å²) in [4.78, 5) is 19.6. The van der Waals surface area contributed by atoms with Crippen LogP contribution in [0.3, 0.4) is 0 Å². The summed E-state index contributed by atoms with van der Waals surface area (Å²) in [5.74, 6) is 2.04. The molecular weight excluding hydrogens is 436 g/mol. The molecule has 0 N–H and O–H groups in total. The average Bonchev–Trinajstić information content (AvgIpc) is 3.24. The lowest BCUT2D eigenvalue weighted by molar-refractivity contribution is 0.324. The van der Waals surface area contributed by atoms with Gasteiger partial charge in [-0.3, -0.25) is 9.36 Å². The van der Waals surface area contributed by atoms with Crippen LogP contribution in [0.5, 0.6) is 17.2 Å². The molecule has 7 heteroatoms. The van der Waals surface area contributed by atoms with Gasteiger partial charge in [-0.25, -0.2) is 4.98 Å². The van der Waals surface area contributed by atoms with Crippen LogP contribution in [-0.4, -0.2) is 30.9 Å². The number of aromatic nitrogens is 2. The van der Waals surface area contributed by atoms with Gasteiger partial charge in [0.15, 0.2) is 11.5 Å². The van der Waals surface area contributed by atoms with Crippen molar-refractivity contribution in [1.82, 2.24) is 9.55 Å². The molecule has 0 aliphatic carbocycles. The molecule has 0 saturated heterocycles. The zero-order chi connectivity index (χ0) is 22.9. The molecule has 0 unspecified atom stereocenters. The Labute approximate surface area is 194 Å². The maximum atomic E-state index is 13.9. The minimum absolute atomic E-state index is 0.0787. The van der Waals surface area contributed by atoms with Crippen LogP contribution in [0.15, 0.2) is 71.5 Å². The first-order valence-corrected chi connectivity index (χ1v) is 11.2. The van der Waals surface area contributed by atoms with Crippen molar-refractivity contribution in [3.05, 3.63) is 82.6 Å². The Morgan fingerprint density at radius 2 is 1.55 bits per heavy atom. The lowest BCUT2D eigenvalue weighted by Gasteiger charge is -2.17. The number of hydrogen-bond donors (Lipinski definition) is 0. The summed E-state index contributed by atoms with van der Waals surface area (Å²) in [5.41, 5.74) is 1.64. The third kappa shape index (κ3) is 3.60. The van der Waals surface area contributed by atoms with E-state index < -0.39 is 0 Å². The summed E-state index contributed by atoms with van der Waals surface area (Å²) >= 11 is 1.52. The molecule has 0 bridgehead atoms. The second-order valence-corrected chi connectivity index (χ2v) is 8.54. The molecule has 0 aliphatic rings. The van der Waals surface area contributed by atoms with Gasteiger partial charge >= 0.3 is 0 Å². The van der Waals surface area contributed by atoms with Gasteiger partial charge in [0, 0.05) is 15.6 Å². The lowest BCUT2D eigenvalue weighted by Crippen LogP contribution is -2.23. The fourth-order valence-corrected chi connectivity index (χ4v) is 5.12. The number of benzene rings is 3. The molecule has 0 radical (unpaired) electrons. The van der Waals surface area contributed by atoms with Crippen molar-refractivity contribution in [2.75, 3.05) is 21.3 Å². The Hall–Kier alpha value is -3.84. The molecule has 0 aliphatic heterocycles. The van der Waals surface area contributed by atoms with Gasteiger partial charge in [-0.1, -0.05) is 48.5 Å². The van der Waals surface area contributed by atoms with E-state index in [-0.39, 0.29) is 5.56 Å². The Morgan fingerprint density at radius 3 is 2.21 bits per heavy atom. The Bertz CT molecular complexity index is 1500. The number of hydrogen-bond acceptors (Lipinski definition) is 6. The van der Waals surface area contributed by atoms with Gasteiger partial charge in [0.1, 0.15) is 10.7 Å². The van der Waals surface area contributed by atoms with Crippen molar-refractivity contribution in [3.8, 4) is 28.6 Å². The van der Waals surface area contributed by atoms with E-state index in [0.717, 1.165) is 15.6 Å². The summed E-state index contributed by atoms with van der Waals surface area (Å²) < 4.78 is 19.3. The number of thiophene rings is 1. The highest BCUT2D eigenvalue weighted by Crippen LogP contribution is 2.41. The van der Waals surface area contributed by atoms with E-state index >= 15 is 0 Å². The fourth-order valence-electron chi connectivity index (χ4n) is 4.05. The predicted molar refractivity (Wildman–Crippen MR) is 132 cm³/mol. The quantitative estimate of drug-likeness (QED) is 0.343. The maximum absolute atomic E-state index is 13.9. The number of ether oxygens (including phenoxy) is 3. The molecule has 5 aromatic rings. The van der Waals surface area contributed by atoms with E-state index in [9.17, 15) is 4.79 Å². The molecule has 0 saturated carbocycles. The molecule has 0 atom stereocenters. The van der Waals surface area contributed by atoms with Crippen LogP contribution >= 0.6 is 11.3 Å². The van der Waals surface area contributed by atoms with Crippen LogP contribution < -0.4 is 19.8 Å². The van der Waals surface area contributed by atoms with Crippen molar-refractivity contribution in [2.45, 2.75) is 6.54 Å². The molecule has 0 fully saturated rings. The highest BCUT2D eigenvalue weighted by Gasteiger charge is 2.21. The second kappa shape index (κ2) is 8.60. The number of fused-ring (bicyclic) bond motifs is 3. The van der Waals surface area contributed by atoms with E-state index in [1.54, 1.807) is 25.9 Å². The van der Waals surface area contributed by atoms with E-state index in [1.165, 1.54) is 11.3 Å². The Balaban J connectivity index is 1.83. The molecule has 3 aromatic carbocycles. The first-order valence-electron chi connectivity index (χ1n) is 10.4. The van der Waals surface area contributed by atoms with Gasteiger partial charge in [-0.05, 0) is 23.8 Å². The highest BCUT2D eigenvalue weighted by atomic mass is 32.1. The van der Waals surface area contributed by atoms with Crippen LogP contribution in [0.1, 0.15) is 5.56 Å². The number of methoxy groups -OCH3 is 3. The molecule has 6 nitrogen and oxygen atoms in total. The summed E-state index contributed by atoms with van der Waals surface area (Å²) in [6.45, 7) is 0.388. The molecule has 5 rings (SSSR count). The normalized spacial score (nSPS) is 11.1.